The molecule has 0 amide bonds. The van der Waals surface area contributed by atoms with Crippen molar-refractivity contribution in [1.29, 1.82) is 0 Å². The van der Waals surface area contributed by atoms with Gasteiger partial charge in [0.15, 0.2) is 0 Å². The highest BCUT2D eigenvalue weighted by Gasteiger charge is 2.44. The van der Waals surface area contributed by atoms with Crippen LogP contribution in [-0.4, -0.2) is 25.2 Å². The third-order valence-electron chi connectivity index (χ3n) is 6.54. The number of ether oxygens (including phenoxy) is 2. The van der Waals surface area contributed by atoms with Gasteiger partial charge in [0.25, 0.3) is 5.56 Å². The lowest BCUT2D eigenvalue weighted by molar-refractivity contribution is -0.0561. The van der Waals surface area contributed by atoms with Crippen LogP contribution in [0.2, 0.25) is 0 Å². The standard InChI is InChI=1S/C22H26N2O3/c1-26-18-8-4-6-16-14-27-22(20(16)18)9-11-24(12-10-22)19-13-15-5-2-3-7-17(15)21(25)23-19/h4,6,8,13H,2-3,5,7,9-12,14H2,1H3,(H,23,25). The molecule has 1 aromatic carbocycles. The molecule has 1 N–H and O–H groups in total. The fourth-order valence-electron chi connectivity index (χ4n) is 5.09. The first-order valence-electron chi connectivity index (χ1n) is 10.0. The zero-order valence-corrected chi connectivity index (χ0v) is 15.8. The number of hydrogen-bond donors (Lipinski definition) is 1. The van der Waals surface area contributed by atoms with E-state index in [1.807, 2.05) is 12.1 Å². The van der Waals surface area contributed by atoms with Gasteiger partial charge in [-0.3, -0.25) is 4.79 Å². The van der Waals surface area contributed by atoms with E-state index in [0.717, 1.165) is 62.3 Å². The van der Waals surface area contributed by atoms with Crippen LogP contribution in [0.1, 0.15) is 47.9 Å². The molecule has 1 spiro atoms. The second kappa shape index (κ2) is 6.41. The number of aromatic nitrogens is 1. The molecule has 0 bridgehead atoms. The number of H-pyrrole nitrogens is 1. The summed E-state index contributed by atoms with van der Waals surface area (Å²) in [5.74, 6) is 1.90. The number of rotatable bonds is 2. The van der Waals surface area contributed by atoms with Crippen LogP contribution in [0.25, 0.3) is 0 Å². The molecular formula is C22H26N2O3. The van der Waals surface area contributed by atoms with Gasteiger partial charge in [0, 0.05) is 24.2 Å². The lowest BCUT2D eigenvalue weighted by Crippen LogP contribution is -2.43. The number of aryl methyl sites for hydroxylation is 1. The van der Waals surface area contributed by atoms with Crippen molar-refractivity contribution in [1.82, 2.24) is 4.98 Å². The number of nitrogens with zero attached hydrogens (tertiary/aromatic N) is 1. The van der Waals surface area contributed by atoms with Crippen LogP contribution in [0, 0.1) is 0 Å². The van der Waals surface area contributed by atoms with Crippen molar-refractivity contribution in [3.63, 3.8) is 0 Å². The quantitative estimate of drug-likeness (QED) is 0.886. The molecule has 27 heavy (non-hydrogen) atoms. The third-order valence-corrected chi connectivity index (χ3v) is 6.54. The van der Waals surface area contributed by atoms with Gasteiger partial charge in [-0.15, -0.1) is 0 Å². The minimum Gasteiger partial charge on any atom is -0.496 e. The van der Waals surface area contributed by atoms with Gasteiger partial charge in [-0.1, -0.05) is 12.1 Å². The third kappa shape index (κ3) is 2.67. The molecule has 3 heterocycles. The van der Waals surface area contributed by atoms with Crippen molar-refractivity contribution >= 4 is 5.82 Å². The molecule has 5 nitrogen and oxygen atoms in total. The van der Waals surface area contributed by atoms with E-state index in [1.165, 1.54) is 23.1 Å². The summed E-state index contributed by atoms with van der Waals surface area (Å²) in [7, 11) is 1.73. The van der Waals surface area contributed by atoms with Gasteiger partial charge in [0.05, 0.1) is 13.7 Å². The second-order valence-electron chi connectivity index (χ2n) is 7.96. The second-order valence-corrected chi connectivity index (χ2v) is 7.96. The summed E-state index contributed by atoms with van der Waals surface area (Å²) in [5, 5.41) is 0. The maximum Gasteiger partial charge on any atom is 0.252 e. The summed E-state index contributed by atoms with van der Waals surface area (Å²) in [6.07, 6.45) is 6.05. The first kappa shape index (κ1) is 16.9. The number of benzene rings is 1. The smallest absolute Gasteiger partial charge is 0.252 e. The number of pyridine rings is 1. The normalized spacial score (nSPS) is 20.4. The molecule has 0 saturated carbocycles. The Hall–Kier alpha value is -2.27. The summed E-state index contributed by atoms with van der Waals surface area (Å²) in [6.45, 7) is 2.39. The molecule has 142 valence electrons. The molecule has 1 aliphatic carbocycles. The Morgan fingerprint density at radius 2 is 1.96 bits per heavy atom. The van der Waals surface area contributed by atoms with Gasteiger partial charge in [-0.25, -0.2) is 0 Å². The first-order chi connectivity index (χ1) is 13.2. The first-order valence-corrected chi connectivity index (χ1v) is 10.0. The van der Waals surface area contributed by atoms with Crippen LogP contribution in [0.5, 0.6) is 5.75 Å². The maximum absolute atomic E-state index is 12.5. The van der Waals surface area contributed by atoms with Gasteiger partial charge in [-0.2, -0.15) is 0 Å². The number of nitrogens with one attached hydrogen (secondary N) is 1. The SMILES string of the molecule is COc1cccc2c1C1(CCN(c3cc4c(c(=O)[nH]3)CCCC4)CC1)OC2. The van der Waals surface area contributed by atoms with Gasteiger partial charge in [-0.05, 0) is 61.8 Å². The number of aromatic amines is 1. The largest absolute Gasteiger partial charge is 0.496 e. The average molecular weight is 366 g/mol. The summed E-state index contributed by atoms with van der Waals surface area (Å²) in [6, 6.07) is 8.41. The van der Waals surface area contributed by atoms with Gasteiger partial charge in [0.1, 0.15) is 17.2 Å². The number of piperidine rings is 1. The molecule has 1 saturated heterocycles. The van der Waals surface area contributed by atoms with E-state index >= 15 is 0 Å². The molecule has 3 aliphatic rings. The molecule has 5 heteroatoms. The van der Waals surface area contributed by atoms with Gasteiger partial charge in [0.2, 0.25) is 0 Å². The summed E-state index contributed by atoms with van der Waals surface area (Å²) < 4.78 is 11.9. The molecular weight excluding hydrogens is 340 g/mol. The molecule has 0 radical (unpaired) electrons. The van der Waals surface area contributed by atoms with E-state index < -0.39 is 0 Å². The van der Waals surface area contributed by atoms with Crippen molar-refractivity contribution in [2.75, 3.05) is 25.1 Å². The Morgan fingerprint density at radius 3 is 2.78 bits per heavy atom. The van der Waals surface area contributed by atoms with E-state index in [0.29, 0.717) is 6.61 Å². The van der Waals surface area contributed by atoms with E-state index in [1.54, 1.807) is 7.11 Å². The highest BCUT2D eigenvalue weighted by atomic mass is 16.5. The van der Waals surface area contributed by atoms with E-state index in [-0.39, 0.29) is 11.2 Å². The number of anilines is 1. The molecule has 2 aliphatic heterocycles. The van der Waals surface area contributed by atoms with Crippen molar-refractivity contribution in [2.45, 2.75) is 50.7 Å². The van der Waals surface area contributed by atoms with Crippen LogP contribution in [-0.2, 0) is 29.8 Å². The Kier molecular flexibility index (Phi) is 4.01. The Morgan fingerprint density at radius 1 is 1.15 bits per heavy atom. The Labute approximate surface area is 159 Å². The zero-order chi connectivity index (χ0) is 18.4. The highest BCUT2D eigenvalue weighted by molar-refractivity contribution is 5.49. The lowest BCUT2D eigenvalue weighted by Gasteiger charge is -2.40. The molecule has 0 unspecified atom stereocenters. The number of fused-ring (bicyclic) bond motifs is 3. The monoisotopic (exact) mass is 366 g/mol. The summed E-state index contributed by atoms with van der Waals surface area (Å²) >= 11 is 0. The Bertz CT molecular complexity index is 926. The molecule has 0 atom stereocenters. The zero-order valence-electron chi connectivity index (χ0n) is 15.8. The fraction of sp³-hybridized carbons (Fsp3) is 0.500. The molecule has 1 aromatic heterocycles. The fourth-order valence-corrected chi connectivity index (χ4v) is 5.09. The van der Waals surface area contributed by atoms with Crippen molar-refractivity contribution < 1.29 is 9.47 Å². The van der Waals surface area contributed by atoms with Crippen molar-refractivity contribution in [3.05, 3.63) is 56.9 Å². The molecule has 1 fully saturated rings. The van der Waals surface area contributed by atoms with E-state index in [4.69, 9.17) is 9.47 Å². The lowest BCUT2D eigenvalue weighted by atomic mass is 9.83. The predicted molar refractivity (Wildman–Crippen MR) is 105 cm³/mol. The van der Waals surface area contributed by atoms with Crippen LogP contribution in [0.3, 0.4) is 0 Å². The topological polar surface area (TPSA) is 54.6 Å². The Balaban J connectivity index is 1.41. The van der Waals surface area contributed by atoms with Crippen LogP contribution in [0.15, 0.2) is 29.1 Å². The highest BCUT2D eigenvalue weighted by Crippen LogP contribution is 2.48. The van der Waals surface area contributed by atoms with Gasteiger partial charge < -0.3 is 19.4 Å². The van der Waals surface area contributed by atoms with Crippen molar-refractivity contribution in [2.24, 2.45) is 0 Å². The van der Waals surface area contributed by atoms with Crippen molar-refractivity contribution in [3.8, 4) is 5.75 Å². The van der Waals surface area contributed by atoms with E-state index in [9.17, 15) is 4.79 Å². The minimum absolute atomic E-state index is 0.103. The number of hydrogen-bond acceptors (Lipinski definition) is 4. The maximum atomic E-state index is 12.5. The molecule has 2 aromatic rings. The summed E-state index contributed by atoms with van der Waals surface area (Å²) in [4.78, 5) is 17.9. The minimum atomic E-state index is -0.257. The number of methoxy groups -OCH3 is 1. The van der Waals surface area contributed by atoms with Crippen LogP contribution >= 0.6 is 0 Å². The molecule has 5 rings (SSSR count). The van der Waals surface area contributed by atoms with Crippen LogP contribution < -0.4 is 15.2 Å². The van der Waals surface area contributed by atoms with Crippen LogP contribution in [0.4, 0.5) is 5.82 Å². The van der Waals surface area contributed by atoms with E-state index in [2.05, 4.69) is 22.0 Å². The average Bonchev–Trinajstić information content (AvgIpc) is 3.07. The predicted octanol–water partition coefficient (Wildman–Crippen LogP) is 3.29. The summed E-state index contributed by atoms with van der Waals surface area (Å²) in [5.41, 5.74) is 4.55. The van der Waals surface area contributed by atoms with Gasteiger partial charge >= 0.3 is 0 Å².